The van der Waals surface area contributed by atoms with Crippen LogP contribution in [0.2, 0.25) is 0 Å². The van der Waals surface area contributed by atoms with Crippen LogP contribution in [0.3, 0.4) is 0 Å². The Hall–Kier alpha value is -2.90. The third kappa shape index (κ3) is 4.50. The summed E-state index contributed by atoms with van der Waals surface area (Å²) in [5.41, 5.74) is 0.340. The SMILES string of the molecule is C=CCOc1c(Br)cc(C(C2C(=O)N(C)C(=S)N(C)C2=O)C2C(=O)N(C)C(=S)N(C)C2=O)cc1OC. The van der Waals surface area contributed by atoms with E-state index in [1.807, 2.05) is 0 Å². The summed E-state index contributed by atoms with van der Waals surface area (Å²) < 4.78 is 11.6. The van der Waals surface area contributed by atoms with Gasteiger partial charge in [-0.05, 0) is 58.1 Å². The van der Waals surface area contributed by atoms with Crippen LogP contribution < -0.4 is 9.47 Å². The van der Waals surface area contributed by atoms with Gasteiger partial charge in [-0.3, -0.25) is 38.8 Å². The second-order valence-corrected chi connectivity index (χ2v) is 9.85. The first-order chi connectivity index (χ1) is 16.9. The van der Waals surface area contributed by atoms with Crippen molar-refractivity contribution in [2.24, 2.45) is 11.8 Å². The maximum absolute atomic E-state index is 13.5. The van der Waals surface area contributed by atoms with E-state index in [0.717, 1.165) is 19.6 Å². The normalized spacial score (nSPS) is 18.1. The summed E-state index contributed by atoms with van der Waals surface area (Å²) in [5.74, 6) is -5.94. The number of amides is 4. The van der Waals surface area contributed by atoms with Crippen molar-refractivity contribution in [1.29, 1.82) is 0 Å². The maximum atomic E-state index is 13.5. The lowest BCUT2D eigenvalue weighted by Crippen LogP contribution is -2.63. The summed E-state index contributed by atoms with van der Waals surface area (Å²) in [7, 11) is 7.20. The molecule has 1 aromatic rings. The van der Waals surface area contributed by atoms with E-state index in [1.54, 1.807) is 18.2 Å². The topological polar surface area (TPSA) is 99.7 Å². The summed E-state index contributed by atoms with van der Waals surface area (Å²) in [6.07, 6.45) is 1.56. The number of thiocarbonyl (C=S) groups is 2. The molecule has 192 valence electrons. The molecule has 0 N–H and O–H groups in total. The monoisotopic (exact) mass is 596 g/mol. The van der Waals surface area contributed by atoms with E-state index in [-0.39, 0.29) is 22.6 Å². The molecule has 0 unspecified atom stereocenters. The standard InChI is InChI=1S/C23H25BrN4O6S2/c1-7-8-34-17-12(24)9-11(10-13(17)33-6)14(15-18(29)25(2)22(35)26(3)19(15)30)16-20(31)27(4)23(36)28(5)21(16)32/h7,9-10,14-16H,1,8H2,2-6H3. The smallest absolute Gasteiger partial charge is 0.241 e. The third-order valence-corrected chi connectivity index (χ3v) is 7.92. The fraction of sp³-hybridized carbons (Fsp3) is 0.391. The van der Waals surface area contributed by atoms with Gasteiger partial charge in [0.1, 0.15) is 18.4 Å². The van der Waals surface area contributed by atoms with Crippen LogP contribution in [0, 0.1) is 11.8 Å². The number of rotatable bonds is 7. The molecule has 2 fully saturated rings. The molecule has 3 rings (SSSR count). The minimum atomic E-state index is -1.42. The number of methoxy groups -OCH3 is 1. The second-order valence-electron chi connectivity index (χ2n) is 8.27. The number of hydrogen-bond donors (Lipinski definition) is 0. The van der Waals surface area contributed by atoms with Gasteiger partial charge in [-0.1, -0.05) is 12.7 Å². The van der Waals surface area contributed by atoms with E-state index in [0.29, 0.717) is 15.8 Å². The highest BCUT2D eigenvalue weighted by molar-refractivity contribution is 9.10. The molecule has 0 aromatic heterocycles. The first kappa shape index (κ1) is 27.7. The number of hydrogen-bond acceptors (Lipinski definition) is 8. The Morgan fingerprint density at radius 3 is 1.69 bits per heavy atom. The van der Waals surface area contributed by atoms with Crippen LogP contribution >= 0.6 is 40.4 Å². The van der Waals surface area contributed by atoms with E-state index in [1.165, 1.54) is 35.3 Å². The molecule has 2 heterocycles. The van der Waals surface area contributed by atoms with E-state index in [4.69, 9.17) is 33.9 Å². The van der Waals surface area contributed by atoms with Crippen LogP contribution in [0.1, 0.15) is 11.5 Å². The van der Waals surface area contributed by atoms with Crippen molar-refractivity contribution in [2.75, 3.05) is 41.9 Å². The van der Waals surface area contributed by atoms with Crippen LogP contribution in [-0.2, 0) is 19.2 Å². The van der Waals surface area contributed by atoms with Gasteiger partial charge in [-0.2, -0.15) is 0 Å². The van der Waals surface area contributed by atoms with Gasteiger partial charge < -0.3 is 9.47 Å². The predicted octanol–water partition coefficient (Wildman–Crippen LogP) is 1.77. The van der Waals surface area contributed by atoms with Crippen molar-refractivity contribution in [1.82, 2.24) is 19.6 Å². The van der Waals surface area contributed by atoms with Crippen molar-refractivity contribution < 1.29 is 28.7 Å². The minimum absolute atomic E-state index is 0.0173. The lowest BCUT2D eigenvalue weighted by molar-refractivity contribution is -0.152. The average Bonchev–Trinajstić information content (AvgIpc) is 2.86. The molecular formula is C23H25BrN4O6S2. The zero-order valence-corrected chi connectivity index (χ0v) is 23.5. The van der Waals surface area contributed by atoms with Gasteiger partial charge in [0.05, 0.1) is 11.6 Å². The van der Waals surface area contributed by atoms with Crippen molar-refractivity contribution >= 4 is 74.2 Å². The molecular weight excluding hydrogens is 572 g/mol. The molecule has 10 nitrogen and oxygen atoms in total. The lowest BCUT2D eigenvalue weighted by atomic mass is 9.73. The predicted molar refractivity (Wildman–Crippen MR) is 142 cm³/mol. The molecule has 1 aromatic carbocycles. The minimum Gasteiger partial charge on any atom is -0.493 e. The molecule has 0 spiro atoms. The first-order valence-electron chi connectivity index (χ1n) is 10.7. The highest BCUT2D eigenvalue weighted by Crippen LogP contribution is 2.45. The molecule has 2 aliphatic heterocycles. The van der Waals surface area contributed by atoms with Crippen LogP contribution in [0.5, 0.6) is 11.5 Å². The van der Waals surface area contributed by atoms with Crippen LogP contribution in [0.15, 0.2) is 29.3 Å². The molecule has 4 amide bonds. The number of halogens is 1. The Balaban J connectivity index is 2.28. The molecule has 0 aliphatic carbocycles. The van der Waals surface area contributed by atoms with Crippen molar-refractivity contribution in [3.8, 4) is 11.5 Å². The highest BCUT2D eigenvalue weighted by Gasteiger charge is 2.54. The number of carbonyl (C=O) groups is 4. The highest BCUT2D eigenvalue weighted by atomic mass is 79.9. The second kappa shape index (κ2) is 10.6. The Labute approximate surface area is 227 Å². The van der Waals surface area contributed by atoms with Crippen molar-refractivity contribution in [3.63, 3.8) is 0 Å². The molecule has 0 atom stereocenters. The number of nitrogens with zero attached hydrogens (tertiary/aromatic N) is 4. The van der Waals surface area contributed by atoms with Gasteiger partial charge >= 0.3 is 0 Å². The summed E-state index contributed by atoms with van der Waals surface area (Å²) in [6.45, 7) is 3.82. The molecule has 13 heteroatoms. The average molecular weight is 598 g/mol. The fourth-order valence-corrected chi connectivity index (χ4v) is 5.21. The van der Waals surface area contributed by atoms with Gasteiger partial charge in [0.15, 0.2) is 21.7 Å². The number of benzene rings is 1. The number of carbonyl (C=O) groups excluding carboxylic acids is 4. The largest absolute Gasteiger partial charge is 0.493 e. The van der Waals surface area contributed by atoms with Gasteiger partial charge in [0, 0.05) is 34.1 Å². The Morgan fingerprint density at radius 1 is 0.917 bits per heavy atom. The van der Waals surface area contributed by atoms with E-state index < -0.39 is 41.4 Å². The first-order valence-corrected chi connectivity index (χ1v) is 12.3. The van der Waals surface area contributed by atoms with Crippen LogP contribution in [0.25, 0.3) is 0 Å². The summed E-state index contributed by atoms with van der Waals surface area (Å²) >= 11 is 13.9. The maximum Gasteiger partial charge on any atom is 0.241 e. The zero-order valence-electron chi connectivity index (χ0n) is 20.3. The Bertz CT molecular complexity index is 1090. The van der Waals surface area contributed by atoms with E-state index >= 15 is 0 Å². The summed E-state index contributed by atoms with van der Waals surface area (Å²) in [4.78, 5) is 58.6. The van der Waals surface area contributed by atoms with E-state index in [9.17, 15) is 19.2 Å². The van der Waals surface area contributed by atoms with Crippen molar-refractivity contribution in [2.45, 2.75) is 5.92 Å². The molecule has 36 heavy (non-hydrogen) atoms. The quantitative estimate of drug-likeness (QED) is 0.267. The van der Waals surface area contributed by atoms with Gasteiger partial charge in [0.2, 0.25) is 23.6 Å². The van der Waals surface area contributed by atoms with Crippen LogP contribution in [-0.4, -0.2) is 95.4 Å². The number of ether oxygens (including phenoxy) is 2. The molecule has 0 bridgehead atoms. The van der Waals surface area contributed by atoms with Crippen molar-refractivity contribution in [3.05, 3.63) is 34.8 Å². The third-order valence-electron chi connectivity index (χ3n) is 6.23. The summed E-state index contributed by atoms with van der Waals surface area (Å²) in [6, 6.07) is 3.15. The molecule has 2 aliphatic rings. The fourth-order valence-electron chi connectivity index (χ4n) is 4.28. The molecule has 2 saturated heterocycles. The van der Waals surface area contributed by atoms with E-state index in [2.05, 4.69) is 22.5 Å². The van der Waals surface area contributed by atoms with Crippen LogP contribution in [0.4, 0.5) is 0 Å². The lowest BCUT2D eigenvalue weighted by Gasteiger charge is -2.43. The van der Waals surface area contributed by atoms with Gasteiger partial charge in [-0.15, -0.1) is 0 Å². The summed E-state index contributed by atoms with van der Waals surface area (Å²) in [5, 5.41) is 0.0345. The Morgan fingerprint density at radius 2 is 1.33 bits per heavy atom. The Kier molecular flexibility index (Phi) is 8.16. The molecule has 0 radical (unpaired) electrons. The zero-order chi connectivity index (χ0) is 27.1. The van der Waals surface area contributed by atoms with Gasteiger partial charge in [-0.25, -0.2) is 0 Å². The molecule has 0 saturated carbocycles. The van der Waals surface area contributed by atoms with Gasteiger partial charge in [0.25, 0.3) is 0 Å².